The third-order valence-electron chi connectivity index (χ3n) is 5.87. The highest BCUT2D eigenvalue weighted by atomic mass is 35.5. The van der Waals surface area contributed by atoms with Crippen molar-refractivity contribution in [2.75, 3.05) is 11.4 Å². The van der Waals surface area contributed by atoms with E-state index >= 15 is 0 Å². The Labute approximate surface area is 202 Å². The van der Waals surface area contributed by atoms with Crippen LogP contribution in [0, 0.1) is 6.92 Å². The number of hydrogen-bond acceptors (Lipinski definition) is 4. The Balaban J connectivity index is 1.47. The van der Waals surface area contributed by atoms with Crippen LogP contribution in [0.2, 0.25) is 5.02 Å². The lowest BCUT2D eigenvalue weighted by atomic mass is 10.1. The van der Waals surface area contributed by atoms with E-state index in [0.717, 1.165) is 16.9 Å². The number of carbonyl (C=O) groups is 1. The van der Waals surface area contributed by atoms with Gasteiger partial charge >= 0.3 is 0 Å². The van der Waals surface area contributed by atoms with E-state index in [2.05, 4.69) is 0 Å². The SMILES string of the molecule is Cc1c2c(nn1-c1ccc(/C=C/C(=O)c3ccc(Cl)cc3)cc1)-c1ccccc1S(=O)(=O)N2C. The van der Waals surface area contributed by atoms with Gasteiger partial charge in [0.1, 0.15) is 11.4 Å². The van der Waals surface area contributed by atoms with Gasteiger partial charge in [-0.1, -0.05) is 48.0 Å². The lowest BCUT2D eigenvalue weighted by Gasteiger charge is -2.26. The van der Waals surface area contributed by atoms with Crippen LogP contribution in [0.15, 0.2) is 83.8 Å². The molecule has 0 saturated heterocycles. The topological polar surface area (TPSA) is 72.3 Å². The molecular formula is C26H20ClN3O3S. The summed E-state index contributed by atoms with van der Waals surface area (Å²) in [6.07, 6.45) is 3.27. The Morgan fingerprint density at radius 2 is 1.65 bits per heavy atom. The molecule has 1 aliphatic rings. The van der Waals surface area contributed by atoms with Crippen LogP contribution in [-0.4, -0.2) is 31.0 Å². The second-order valence-corrected chi connectivity index (χ2v) is 10.3. The molecule has 0 amide bonds. The molecule has 8 heteroatoms. The van der Waals surface area contributed by atoms with Crippen LogP contribution in [0.1, 0.15) is 21.6 Å². The zero-order valence-corrected chi connectivity index (χ0v) is 20.0. The quantitative estimate of drug-likeness (QED) is 0.279. The molecule has 0 unspecified atom stereocenters. The number of benzene rings is 3. The van der Waals surface area contributed by atoms with Crippen LogP contribution in [0.5, 0.6) is 0 Å². The minimum atomic E-state index is -3.64. The Hall–Kier alpha value is -3.68. The monoisotopic (exact) mass is 489 g/mol. The first-order valence-corrected chi connectivity index (χ1v) is 12.4. The first kappa shape index (κ1) is 22.1. The summed E-state index contributed by atoms with van der Waals surface area (Å²) in [6, 6.07) is 21.2. The first-order chi connectivity index (χ1) is 16.3. The fraction of sp³-hybridized carbons (Fsp3) is 0.0769. The third kappa shape index (κ3) is 3.63. The number of nitrogens with zero attached hydrogens (tertiary/aromatic N) is 3. The minimum Gasteiger partial charge on any atom is -0.289 e. The molecule has 34 heavy (non-hydrogen) atoms. The second-order valence-electron chi connectivity index (χ2n) is 7.96. The first-order valence-electron chi connectivity index (χ1n) is 10.5. The van der Waals surface area contributed by atoms with E-state index in [1.54, 1.807) is 60.3 Å². The van der Waals surface area contributed by atoms with Gasteiger partial charge in [0.05, 0.1) is 16.3 Å². The molecule has 1 aromatic heterocycles. The van der Waals surface area contributed by atoms with Crippen molar-refractivity contribution in [2.45, 2.75) is 11.8 Å². The fourth-order valence-corrected chi connectivity index (χ4v) is 5.64. The number of fused-ring (bicyclic) bond motifs is 3. The van der Waals surface area contributed by atoms with E-state index in [0.29, 0.717) is 27.5 Å². The predicted octanol–water partition coefficient (Wildman–Crippen LogP) is 5.54. The summed E-state index contributed by atoms with van der Waals surface area (Å²) in [5.74, 6) is -0.112. The van der Waals surface area contributed by atoms with Crippen molar-refractivity contribution in [1.29, 1.82) is 0 Å². The average Bonchev–Trinajstić information content (AvgIpc) is 3.19. The summed E-state index contributed by atoms with van der Waals surface area (Å²) in [6.45, 7) is 1.85. The molecule has 0 fully saturated rings. The molecule has 1 aliphatic heterocycles. The number of aromatic nitrogens is 2. The fourth-order valence-electron chi connectivity index (χ4n) is 4.07. The Bertz CT molecular complexity index is 1550. The smallest absolute Gasteiger partial charge is 0.264 e. The predicted molar refractivity (Wildman–Crippen MR) is 134 cm³/mol. The van der Waals surface area contributed by atoms with Gasteiger partial charge in [0.2, 0.25) is 0 Å². The summed E-state index contributed by atoms with van der Waals surface area (Å²) in [5, 5.41) is 5.34. The molecule has 2 heterocycles. The van der Waals surface area contributed by atoms with Crippen molar-refractivity contribution in [1.82, 2.24) is 9.78 Å². The largest absolute Gasteiger partial charge is 0.289 e. The van der Waals surface area contributed by atoms with Gasteiger partial charge in [-0.3, -0.25) is 9.10 Å². The molecule has 0 N–H and O–H groups in total. The normalized spacial score (nSPS) is 14.1. The number of sulfonamides is 1. The minimum absolute atomic E-state index is 0.112. The van der Waals surface area contributed by atoms with Crippen molar-refractivity contribution in [3.63, 3.8) is 0 Å². The van der Waals surface area contributed by atoms with Gasteiger partial charge in [-0.25, -0.2) is 13.1 Å². The van der Waals surface area contributed by atoms with Crippen LogP contribution < -0.4 is 4.31 Å². The summed E-state index contributed by atoms with van der Waals surface area (Å²) in [4.78, 5) is 12.6. The number of carbonyl (C=O) groups excluding carboxylic acids is 1. The maximum atomic E-state index is 13.0. The van der Waals surface area contributed by atoms with Crippen molar-refractivity contribution >= 4 is 39.2 Å². The van der Waals surface area contributed by atoms with E-state index in [4.69, 9.17) is 16.7 Å². The zero-order valence-electron chi connectivity index (χ0n) is 18.4. The maximum absolute atomic E-state index is 13.0. The second kappa shape index (κ2) is 8.27. The molecule has 5 rings (SSSR count). The van der Waals surface area contributed by atoms with Gasteiger partial charge in [0.25, 0.3) is 10.0 Å². The van der Waals surface area contributed by atoms with E-state index in [9.17, 15) is 13.2 Å². The molecular weight excluding hydrogens is 470 g/mol. The van der Waals surface area contributed by atoms with E-state index < -0.39 is 10.0 Å². The Kier molecular flexibility index (Phi) is 5.38. The number of halogens is 1. The summed E-state index contributed by atoms with van der Waals surface area (Å²) < 4.78 is 29.0. The number of hydrogen-bond donors (Lipinski definition) is 0. The summed E-state index contributed by atoms with van der Waals surface area (Å²) in [5.41, 5.74) is 4.71. The van der Waals surface area contributed by atoms with Gasteiger partial charge in [0.15, 0.2) is 5.78 Å². The molecule has 0 aliphatic carbocycles. The molecule has 4 aromatic rings. The van der Waals surface area contributed by atoms with E-state index in [1.807, 2.05) is 37.3 Å². The number of ketones is 1. The molecule has 0 atom stereocenters. The molecule has 0 saturated carbocycles. The molecule has 0 bridgehead atoms. The van der Waals surface area contributed by atoms with Crippen molar-refractivity contribution in [2.24, 2.45) is 0 Å². The van der Waals surface area contributed by atoms with Gasteiger partial charge in [-0.15, -0.1) is 0 Å². The van der Waals surface area contributed by atoms with Crippen LogP contribution in [0.3, 0.4) is 0 Å². The average molecular weight is 490 g/mol. The lowest BCUT2D eigenvalue weighted by Crippen LogP contribution is -2.30. The van der Waals surface area contributed by atoms with Crippen LogP contribution >= 0.6 is 11.6 Å². The van der Waals surface area contributed by atoms with E-state index in [-0.39, 0.29) is 10.7 Å². The Morgan fingerprint density at radius 1 is 0.971 bits per heavy atom. The summed E-state index contributed by atoms with van der Waals surface area (Å²) in [7, 11) is -2.09. The van der Waals surface area contributed by atoms with Gasteiger partial charge in [0, 0.05) is 23.2 Å². The van der Waals surface area contributed by atoms with Crippen molar-refractivity contribution in [3.8, 4) is 16.9 Å². The summed E-state index contributed by atoms with van der Waals surface area (Å²) >= 11 is 5.88. The maximum Gasteiger partial charge on any atom is 0.264 e. The van der Waals surface area contributed by atoms with Gasteiger partial charge in [-0.2, -0.15) is 5.10 Å². The highest BCUT2D eigenvalue weighted by molar-refractivity contribution is 7.93. The lowest BCUT2D eigenvalue weighted by molar-refractivity contribution is 0.104. The Morgan fingerprint density at radius 3 is 2.35 bits per heavy atom. The van der Waals surface area contributed by atoms with Crippen molar-refractivity contribution < 1.29 is 13.2 Å². The molecule has 0 spiro atoms. The molecule has 6 nitrogen and oxygen atoms in total. The number of allylic oxidation sites excluding steroid dienone is 1. The van der Waals surface area contributed by atoms with Crippen molar-refractivity contribution in [3.05, 3.63) is 101 Å². The van der Waals surface area contributed by atoms with Crippen LogP contribution in [0.25, 0.3) is 23.0 Å². The van der Waals surface area contributed by atoms with Crippen LogP contribution in [-0.2, 0) is 10.0 Å². The number of rotatable bonds is 4. The highest BCUT2D eigenvalue weighted by Gasteiger charge is 2.36. The van der Waals surface area contributed by atoms with Crippen LogP contribution in [0.4, 0.5) is 5.69 Å². The molecule has 3 aromatic carbocycles. The number of anilines is 1. The molecule has 170 valence electrons. The van der Waals surface area contributed by atoms with E-state index in [1.165, 1.54) is 10.4 Å². The standard InChI is InChI=1S/C26H20ClN3O3S/c1-17-26-25(22-5-3-4-6-24(22)34(32,33)29(26)2)28-30(17)21-14-7-18(8-15-21)9-16-23(31)19-10-12-20(27)13-11-19/h3-16H,1-2H3/b16-9+. The third-order valence-corrected chi connectivity index (χ3v) is 7.94. The highest BCUT2D eigenvalue weighted by Crippen LogP contribution is 2.43. The molecule has 0 radical (unpaired) electrons. The van der Waals surface area contributed by atoms with Gasteiger partial charge in [-0.05, 0) is 61.0 Å². The zero-order chi connectivity index (χ0) is 24.0. The van der Waals surface area contributed by atoms with Gasteiger partial charge < -0.3 is 0 Å².